The molecule has 3 rings (SSSR count). The fourth-order valence-electron chi connectivity index (χ4n) is 2.58. The number of benzene rings is 1. The lowest BCUT2D eigenvalue weighted by Gasteiger charge is -2.09. The molecule has 1 aliphatic carbocycles. The SMILES string of the molecule is Cc1sc(NC(=O)C2CC2)c(C(=O)OCC(=O)NCc2ccc(F)cc2)c1C. The van der Waals surface area contributed by atoms with Crippen LogP contribution in [0.15, 0.2) is 24.3 Å². The normalized spacial score (nSPS) is 13.1. The van der Waals surface area contributed by atoms with Gasteiger partial charge in [-0.3, -0.25) is 9.59 Å². The highest BCUT2D eigenvalue weighted by Gasteiger charge is 2.31. The van der Waals surface area contributed by atoms with Crippen molar-refractivity contribution < 1.29 is 23.5 Å². The van der Waals surface area contributed by atoms with Gasteiger partial charge in [0.1, 0.15) is 10.8 Å². The molecule has 2 N–H and O–H groups in total. The molecule has 0 radical (unpaired) electrons. The van der Waals surface area contributed by atoms with Crippen LogP contribution < -0.4 is 10.6 Å². The number of anilines is 1. The van der Waals surface area contributed by atoms with Crippen LogP contribution in [0.5, 0.6) is 0 Å². The number of hydrogen-bond donors (Lipinski definition) is 2. The smallest absolute Gasteiger partial charge is 0.341 e. The third-order valence-electron chi connectivity index (χ3n) is 4.51. The van der Waals surface area contributed by atoms with Crippen LogP contribution in [-0.4, -0.2) is 24.4 Å². The zero-order chi connectivity index (χ0) is 20.3. The Morgan fingerprint density at radius 1 is 1.18 bits per heavy atom. The van der Waals surface area contributed by atoms with Crippen LogP contribution in [0.1, 0.15) is 39.2 Å². The number of nitrogens with one attached hydrogen (secondary N) is 2. The zero-order valence-electron chi connectivity index (χ0n) is 15.6. The van der Waals surface area contributed by atoms with Crippen molar-refractivity contribution in [1.82, 2.24) is 5.32 Å². The zero-order valence-corrected chi connectivity index (χ0v) is 16.5. The van der Waals surface area contributed by atoms with E-state index in [4.69, 9.17) is 4.74 Å². The highest BCUT2D eigenvalue weighted by atomic mass is 32.1. The number of esters is 1. The van der Waals surface area contributed by atoms with Crippen molar-refractivity contribution in [3.8, 4) is 0 Å². The Hall–Kier alpha value is -2.74. The van der Waals surface area contributed by atoms with Crippen LogP contribution in [0.2, 0.25) is 0 Å². The highest BCUT2D eigenvalue weighted by Crippen LogP contribution is 2.36. The summed E-state index contributed by atoms with van der Waals surface area (Å²) >= 11 is 1.32. The van der Waals surface area contributed by atoms with Gasteiger partial charge in [0.15, 0.2) is 6.61 Å². The van der Waals surface area contributed by atoms with Gasteiger partial charge in [-0.15, -0.1) is 11.3 Å². The minimum atomic E-state index is -0.648. The maximum absolute atomic E-state index is 12.9. The van der Waals surface area contributed by atoms with Crippen molar-refractivity contribution in [2.75, 3.05) is 11.9 Å². The lowest BCUT2D eigenvalue weighted by Crippen LogP contribution is -2.28. The summed E-state index contributed by atoms with van der Waals surface area (Å²) in [4.78, 5) is 37.4. The molecule has 2 amide bonds. The Morgan fingerprint density at radius 3 is 2.50 bits per heavy atom. The van der Waals surface area contributed by atoms with E-state index < -0.39 is 18.5 Å². The number of carbonyl (C=O) groups excluding carboxylic acids is 3. The number of carbonyl (C=O) groups is 3. The van der Waals surface area contributed by atoms with Crippen LogP contribution in [-0.2, 0) is 20.9 Å². The number of halogens is 1. The second-order valence-electron chi connectivity index (χ2n) is 6.73. The predicted octanol–water partition coefficient (Wildman–Crippen LogP) is 3.33. The third kappa shape index (κ3) is 4.95. The van der Waals surface area contributed by atoms with Gasteiger partial charge in [0, 0.05) is 17.3 Å². The fourth-order valence-corrected chi connectivity index (χ4v) is 3.63. The van der Waals surface area contributed by atoms with Gasteiger partial charge >= 0.3 is 5.97 Å². The minimum absolute atomic E-state index is 0.0174. The Labute approximate surface area is 166 Å². The molecule has 1 saturated carbocycles. The van der Waals surface area contributed by atoms with Crippen LogP contribution in [0.4, 0.5) is 9.39 Å². The quantitative estimate of drug-likeness (QED) is 0.694. The van der Waals surface area contributed by atoms with Gasteiger partial charge in [-0.2, -0.15) is 0 Å². The average Bonchev–Trinajstić information content (AvgIpc) is 3.47. The van der Waals surface area contributed by atoms with Crippen LogP contribution in [0.3, 0.4) is 0 Å². The number of ether oxygens (including phenoxy) is 1. The molecule has 0 atom stereocenters. The Morgan fingerprint density at radius 2 is 1.86 bits per heavy atom. The minimum Gasteiger partial charge on any atom is -0.452 e. The Bertz CT molecular complexity index is 904. The predicted molar refractivity (Wildman–Crippen MR) is 104 cm³/mol. The largest absolute Gasteiger partial charge is 0.452 e. The molecule has 1 aliphatic rings. The number of hydrogen-bond acceptors (Lipinski definition) is 5. The lowest BCUT2D eigenvalue weighted by atomic mass is 10.1. The molecule has 1 heterocycles. The molecule has 148 valence electrons. The molecule has 0 saturated heterocycles. The molecule has 1 aromatic heterocycles. The first-order chi connectivity index (χ1) is 13.3. The Balaban J connectivity index is 1.55. The maximum Gasteiger partial charge on any atom is 0.341 e. The van der Waals surface area contributed by atoms with Crippen LogP contribution in [0.25, 0.3) is 0 Å². The summed E-state index contributed by atoms with van der Waals surface area (Å²) in [5.74, 6) is -1.54. The number of amides is 2. The molecule has 0 spiro atoms. The van der Waals surface area contributed by atoms with E-state index in [0.29, 0.717) is 10.6 Å². The second kappa shape index (κ2) is 8.52. The van der Waals surface area contributed by atoms with Crippen molar-refractivity contribution in [3.63, 3.8) is 0 Å². The van der Waals surface area contributed by atoms with E-state index in [-0.39, 0.29) is 24.2 Å². The molecular weight excluding hydrogens is 383 g/mol. The van der Waals surface area contributed by atoms with E-state index in [1.165, 1.54) is 23.5 Å². The van der Waals surface area contributed by atoms with Crippen molar-refractivity contribution in [1.29, 1.82) is 0 Å². The molecule has 0 unspecified atom stereocenters. The van der Waals surface area contributed by atoms with E-state index in [9.17, 15) is 18.8 Å². The number of thiophene rings is 1. The molecular formula is C20H21FN2O4S. The fraction of sp³-hybridized carbons (Fsp3) is 0.350. The maximum atomic E-state index is 12.9. The molecule has 1 aromatic carbocycles. The first-order valence-corrected chi connectivity index (χ1v) is 9.76. The molecule has 0 bridgehead atoms. The van der Waals surface area contributed by atoms with Crippen molar-refractivity contribution in [3.05, 3.63) is 51.7 Å². The van der Waals surface area contributed by atoms with Gasteiger partial charge in [-0.1, -0.05) is 12.1 Å². The summed E-state index contributed by atoms with van der Waals surface area (Å²) in [7, 11) is 0. The average molecular weight is 404 g/mol. The van der Waals surface area contributed by atoms with Gasteiger partial charge in [0.05, 0.1) is 5.56 Å². The summed E-state index contributed by atoms with van der Waals surface area (Å²) < 4.78 is 18.0. The van der Waals surface area contributed by atoms with Crippen molar-refractivity contribution in [2.24, 2.45) is 5.92 Å². The standard InChI is InChI=1S/C20H21FN2O4S/c1-11-12(2)28-19(23-18(25)14-5-6-14)17(11)20(26)27-10-16(24)22-9-13-3-7-15(21)8-4-13/h3-4,7-8,14H,5-6,9-10H2,1-2H3,(H,22,24)(H,23,25). The topological polar surface area (TPSA) is 84.5 Å². The van der Waals surface area contributed by atoms with E-state index in [1.807, 2.05) is 6.92 Å². The van der Waals surface area contributed by atoms with Gasteiger partial charge in [0.2, 0.25) is 5.91 Å². The second-order valence-corrected chi connectivity index (χ2v) is 7.95. The van der Waals surface area contributed by atoms with Crippen molar-refractivity contribution >= 4 is 34.1 Å². The molecule has 1 fully saturated rings. The van der Waals surface area contributed by atoms with Crippen molar-refractivity contribution in [2.45, 2.75) is 33.2 Å². The van der Waals surface area contributed by atoms with Gasteiger partial charge in [0.25, 0.3) is 5.91 Å². The summed E-state index contributed by atoms with van der Waals surface area (Å²) in [5.41, 5.74) is 1.76. The summed E-state index contributed by atoms with van der Waals surface area (Å²) in [6.07, 6.45) is 1.73. The van der Waals surface area contributed by atoms with Crippen LogP contribution >= 0.6 is 11.3 Å². The highest BCUT2D eigenvalue weighted by molar-refractivity contribution is 7.16. The van der Waals surface area contributed by atoms with E-state index in [1.54, 1.807) is 19.1 Å². The molecule has 28 heavy (non-hydrogen) atoms. The summed E-state index contributed by atoms with van der Waals surface area (Å²) in [6, 6.07) is 5.74. The molecule has 8 heteroatoms. The Kier molecular flexibility index (Phi) is 6.08. The van der Waals surface area contributed by atoms with Gasteiger partial charge < -0.3 is 15.4 Å². The first-order valence-electron chi connectivity index (χ1n) is 8.94. The van der Waals surface area contributed by atoms with Crippen LogP contribution in [0, 0.1) is 25.6 Å². The van der Waals surface area contributed by atoms with E-state index in [0.717, 1.165) is 28.8 Å². The van der Waals surface area contributed by atoms with E-state index in [2.05, 4.69) is 10.6 Å². The molecule has 2 aromatic rings. The molecule has 0 aliphatic heterocycles. The van der Waals surface area contributed by atoms with Gasteiger partial charge in [-0.05, 0) is 49.9 Å². The van der Waals surface area contributed by atoms with E-state index >= 15 is 0 Å². The van der Waals surface area contributed by atoms with Gasteiger partial charge in [-0.25, -0.2) is 9.18 Å². The molecule has 6 nitrogen and oxygen atoms in total. The summed E-state index contributed by atoms with van der Waals surface area (Å²) in [6.45, 7) is 3.41. The number of aryl methyl sites for hydroxylation is 1. The summed E-state index contributed by atoms with van der Waals surface area (Å²) in [5, 5.41) is 5.87. The number of rotatable bonds is 7. The monoisotopic (exact) mass is 404 g/mol. The third-order valence-corrected chi connectivity index (χ3v) is 5.63. The lowest BCUT2D eigenvalue weighted by molar-refractivity contribution is -0.124. The first kappa shape index (κ1) is 20.0.